The van der Waals surface area contributed by atoms with E-state index in [1.165, 1.54) is 0 Å². The van der Waals surface area contributed by atoms with Crippen LogP contribution < -0.4 is 14.4 Å². The van der Waals surface area contributed by atoms with Gasteiger partial charge in [-0.25, -0.2) is 4.98 Å². The number of anilines is 1. The number of nitrogens with zero attached hydrogens (tertiary/aromatic N) is 2. The third-order valence-corrected chi connectivity index (χ3v) is 3.80. The Bertz CT molecular complexity index is 649. The van der Waals surface area contributed by atoms with E-state index < -0.39 is 12.0 Å². The van der Waals surface area contributed by atoms with Crippen LogP contribution >= 0.6 is 0 Å². The van der Waals surface area contributed by atoms with E-state index in [1.54, 1.807) is 37.6 Å². The van der Waals surface area contributed by atoms with Crippen LogP contribution in [0.4, 0.5) is 5.69 Å². The quantitative estimate of drug-likeness (QED) is 0.793. The van der Waals surface area contributed by atoms with E-state index in [9.17, 15) is 5.11 Å². The van der Waals surface area contributed by atoms with E-state index in [0.29, 0.717) is 23.9 Å². The number of nitrogens with one attached hydrogen (secondary N) is 2. The van der Waals surface area contributed by atoms with Crippen molar-refractivity contribution in [3.8, 4) is 11.5 Å². The molecule has 2 aromatic rings. The van der Waals surface area contributed by atoms with Gasteiger partial charge in [-0.15, -0.1) is 0 Å². The molecule has 7 nitrogen and oxygen atoms in total. The molecule has 2 unspecified atom stereocenters. The van der Waals surface area contributed by atoms with Gasteiger partial charge >= 0.3 is 0 Å². The first-order valence-corrected chi connectivity index (χ1v) is 6.90. The molecular formula is C15H18N4O3. The normalized spacial score (nSPS) is 21.2. The number of hydrogen-bond acceptors (Lipinski definition) is 5. The average Bonchev–Trinajstić information content (AvgIpc) is 3.14. The number of H-pyrrole nitrogens is 1. The summed E-state index contributed by atoms with van der Waals surface area (Å²) in [7, 11) is 3.16. The molecule has 0 aliphatic carbocycles. The molecule has 0 spiro atoms. The molecule has 22 heavy (non-hydrogen) atoms. The van der Waals surface area contributed by atoms with Gasteiger partial charge in [0.15, 0.2) is 0 Å². The van der Waals surface area contributed by atoms with Crippen LogP contribution in [0.2, 0.25) is 0 Å². The number of hydrogen-bond donors (Lipinski definition) is 3. The van der Waals surface area contributed by atoms with Crippen molar-refractivity contribution in [1.29, 1.82) is 5.41 Å². The Balaban J connectivity index is 1.94. The number of aliphatic hydroxyl groups is 1. The summed E-state index contributed by atoms with van der Waals surface area (Å²) in [5.41, 5.74) is 0.745. The summed E-state index contributed by atoms with van der Waals surface area (Å²) < 4.78 is 10.5. The zero-order valence-corrected chi connectivity index (χ0v) is 12.4. The summed E-state index contributed by atoms with van der Waals surface area (Å²) in [5, 5.41) is 18.7. The molecule has 2 heterocycles. The SMILES string of the molecule is COc1cc(OC)cc(N2CC(O)C(c3ncc[nH]3)C2=N)c1. The van der Waals surface area contributed by atoms with Gasteiger partial charge in [0.25, 0.3) is 0 Å². The van der Waals surface area contributed by atoms with Crippen molar-refractivity contribution < 1.29 is 14.6 Å². The number of rotatable bonds is 4. The van der Waals surface area contributed by atoms with Gasteiger partial charge in [0.2, 0.25) is 0 Å². The van der Waals surface area contributed by atoms with Crippen LogP contribution in [0.25, 0.3) is 0 Å². The van der Waals surface area contributed by atoms with Crippen molar-refractivity contribution in [2.75, 3.05) is 25.7 Å². The Kier molecular flexibility index (Phi) is 3.72. The van der Waals surface area contributed by atoms with E-state index in [0.717, 1.165) is 5.69 Å². The number of aromatic amines is 1. The van der Waals surface area contributed by atoms with Crippen LogP contribution in [0.5, 0.6) is 11.5 Å². The maximum atomic E-state index is 10.3. The molecule has 0 amide bonds. The zero-order valence-electron chi connectivity index (χ0n) is 12.4. The number of aromatic nitrogens is 2. The maximum absolute atomic E-state index is 10.3. The number of aliphatic hydroxyl groups excluding tert-OH is 1. The van der Waals surface area contributed by atoms with Crippen LogP contribution in [-0.2, 0) is 0 Å². The maximum Gasteiger partial charge on any atom is 0.124 e. The highest BCUT2D eigenvalue weighted by Crippen LogP contribution is 2.35. The first-order valence-electron chi connectivity index (χ1n) is 6.90. The number of imidazole rings is 1. The Hall–Kier alpha value is -2.54. The molecule has 7 heteroatoms. The van der Waals surface area contributed by atoms with Gasteiger partial charge < -0.3 is 24.5 Å². The van der Waals surface area contributed by atoms with Crippen LogP contribution in [0.1, 0.15) is 11.7 Å². The fourth-order valence-corrected chi connectivity index (χ4v) is 2.69. The minimum absolute atomic E-state index is 0.290. The molecule has 1 aromatic heterocycles. The third-order valence-electron chi connectivity index (χ3n) is 3.80. The average molecular weight is 302 g/mol. The van der Waals surface area contributed by atoms with Gasteiger partial charge in [-0.2, -0.15) is 0 Å². The summed E-state index contributed by atoms with van der Waals surface area (Å²) in [6.45, 7) is 0.320. The van der Waals surface area contributed by atoms with Gasteiger partial charge in [-0.1, -0.05) is 0 Å². The van der Waals surface area contributed by atoms with Crippen LogP contribution in [0.15, 0.2) is 30.6 Å². The Morgan fingerprint density at radius 3 is 2.50 bits per heavy atom. The van der Waals surface area contributed by atoms with E-state index in [-0.39, 0.29) is 5.84 Å². The smallest absolute Gasteiger partial charge is 0.124 e. The Labute approximate surface area is 128 Å². The van der Waals surface area contributed by atoms with Crippen LogP contribution in [0, 0.1) is 5.41 Å². The molecule has 2 atom stereocenters. The van der Waals surface area contributed by atoms with Crippen molar-refractivity contribution in [2.24, 2.45) is 0 Å². The van der Waals surface area contributed by atoms with E-state index in [2.05, 4.69) is 9.97 Å². The van der Waals surface area contributed by atoms with E-state index in [1.807, 2.05) is 12.1 Å². The molecule has 3 rings (SSSR count). The summed E-state index contributed by atoms with van der Waals surface area (Å²) in [4.78, 5) is 8.87. The fourth-order valence-electron chi connectivity index (χ4n) is 2.69. The van der Waals surface area contributed by atoms with Crippen molar-refractivity contribution in [3.63, 3.8) is 0 Å². The molecular weight excluding hydrogens is 284 g/mol. The largest absolute Gasteiger partial charge is 0.497 e. The second-order valence-corrected chi connectivity index (χ2v) is 5.09. The first-order chi connectivity index (χ1) is 10.6. The monoisotopic (exact) mass is 302 g/mol. The zero-order chi connectivity index (χ0) is 15.7. The van der Waals surface area contributed by atoms with Gasteiger partial charge in [-0.3, -0.25) is 5.41 Å². The number of amidine groups is 1. The molecule has 1 aromatic carbocycles. The van der Waals surface area contributed by atoms with Crippen LogP contribution in [0.3, 0.4) is 0 Å². The van der Waals surface area contributed by atoms with Crippen molar-refractivity contribution in [3.05, 3.63) is 36.4 Å². The molecule has 1 fully saturated rings. The third kappa shape index (κ3) is 2.39. The lowest BCUT2D eigenvalue weighted by molar-refractivity contribution is 0.184. The minimum atomic E-state index is -0.698. The number of benzene rings is 1. The lowest BCUT2D eigenvalue weighted by Crippen LogP contribution is -2.26. The molecule has 0 saturated carbocycles. The first kappa shape index (κ1) is 14.4. The molecule has 3 N–H and O–H groups in total. The lowest BCUT2D eigenvalue weighted by atomic mass is 10.1. The van der Waals surface area contributed by atoms with Gasteiger partial charge in [-0.05, 0) is 0 Å². The van der Waals surface area contributed by atoms with Crippen molar-refractivity contribution in [1.82, 2.24) is 9.97 Å². The molecule has 0 radical (unpaired) electrons. The molecule has 116 valence electrons. The van der Waals surface area contributed by atoms with Crippen molar-refractivity contribution in [2.45, 2.75) is 12.0 Å². The molecule has 1 aliphatic heterocycles. The Morgan fingerprint density at radius 1 is 1.27 bits per heavy atom. The number of ether oxygens (including phenoxy) is 2. The number of methoxy groups -OCH3 is 2. The summed E-state index contributed by atoms with van der Waals surface area (Å²) in [6.07, 6.45) is 2.61. The highest BCUT2D eigenvalue weighted by Gasteiger charge is 2.40. The fraction of sp³-hybridized carbons (Fsp3) is 0.333. The van der Waals surface area contributed by atoms with Crippen LogP contribution in [-0.4, -0.2) is 47.8 Å². The number of β-amino-alcohol motifs (C(OH)–C–C–N with tert-alkyl or cyclic N) is 1. The standard InChI is InChI=1S/C15H18N4O3/c1-21-10-5-9(6-11(7-10)22-2)19-8-12(20)13(14(19)16)15-17-3-4-18-15/h3-7,12-13,16,20H,8H2,1-2H3,(H,17,18). The van der Waals surface area contributed by atoms with E-state index >= 15 is 0 Å². The van der Waals surface area contributed by atoms with E-state index in [4.69, 9.17) is 14.9 Å². The summed E-state index contributed by atoms with van der Waals surface area (Å²) in [6, 6.07) is 5.40. The van der Waals surface area contributed by atoms with Crippen molar-refractivity contribution >= 4 is 11.5 Å². The Morgan fingerprint density at radius 2 is 1.95 bits per heavy atom. The highest BCUT2D eigenvalue weighted by atomic mass is 16.5. The van der Waals surface area contributed by atoms with Gasteiger partial charge in [0.05, 0.1) is 26.9 Å². The predicted octanol–water partition coefficient (Wildman–Crippen LogP) is 1.37. The van der Waals surface area contributed by atoms with Gasteiger partial charge in [0, 0.05) is 36.3 Å². The molecule has 0 bridgehead atoms. The molecule has 1 aliphatic rings. The van der Waals surface area contributed by atoms with Gasteiger partial charge in [0.1, 0.15) is 29.1 Å². The molecule has 1 saturated heterocycles. The summed E-state index contributed by atoms with van der Waals surface area (Å²) >= 11 is 0. The summed E-state index contributed by atoms with van der Waals surface area (Å²) in [5.74, 6) is 1.69. The second-order valence-electron chi connectivity index (χ2n) is 5.09. The highest BCUT2D eigenvalue weighted by molar-refractivity contribution is 6.03. The topological polar surface area (TPSA) is 94.5 Å². The minimum Gasteiger partial charge on any atom is -0.497 e. The predicted molar refractivity (Wildman–Crippen MR) is 82.0 cm³/mol. The lowest BCUT2D eigenvalue weighted by Gasteiger charge is -2.20. The second kappa shape index (κ2) is 5.69.